The molecule has 88 valence electrons. The lowest BCUT2D eigenvalue weighted by molar-refractivity contribution is 0.0782. The maximum Gasteiger partial charge on any atom is 0.190 e. The lowest BCUT2D eigenvalue weighted by Gasteiger charge is -2.09. The molecule has 0 spiro atoms. The van der Waals surface area contributed by atoms with Crippen LogP contribution in [0.25, 0.3) is 0 Å². The van der Waals surface area contributed by atoms with Crippen LogP contribution in [0.15, 0.2) is 18.5 Å². The van der Waals surface area contributed by atoms with Gasteiger partial charge in [0.25, 0.3) is 0 Å². The molecule has 0 fully saturated rings. The summed E-state index contributed by atoms with van der Waals surface area (Å²) in [6, 6.07) is 1.69. The van der Waals surface area contributed by atoms with Gasteiger partial charge in [0.15, 0.2) is 5.78 Å². The largest absolute Gasteiger partial charge is 0.489 e. The molecule has 1 aromatic heterocycles. The molecule has 1 heterocycles. The van der Waals surface area contributed by atoms with E-state index in [0.717, 1.165) is 0 Å². The van der Waals surface area contributed by atoms with Crippen molar-refractivity contribution < 1.29 is 14.3 Å². The van der Waals surface area contributed by atoms with Gasteiger partial charge in [-0.1, -0.05) is 0 Å². The summed E-state index contributed by atoms with van der Waals surface area (Å²) in [7, 11) is 0. The van der Waals surface area contributed by atoms with Crippen LogP contribution in [-0.2, 0) is 4.74 Å². The summed E-state index contributed by atoms with van der Waals surface area (Å²) < 4.78 is 10.5. The molecule has 0 amide bonds. The number of carbonyl (C=O) groups excluding carboxylic acids is 1. The van der Waals surface area contributed by atoms with Crippen LogP contribution < -0.4 is 4.74 Å². The van der Waals surface area contributed by atoms with Gasteiger partial charge in [-0.3, -0.25) is 9.78 Å². The number of nitrogens with zero attached hydrogens (tertiary/aromatic N) is 1. The Hall–Kier alpha value is -1.42. The summed E-state index contributed by atoms with van der Waals surface area (Å²) in [5.74, 6) is 0.529. The van der Waals surface area contributed by atoms with E-state index in [-0.39, 0.29) is 18.5 Å². The number of ether oxygens (including phenoxy) is 2. The maximum absolute atomic E-state index is 11.6. The Morgan fingerprint density at radius 3 is 2.81 bits per heavy atom. The fraction of sp³-hybridized carbons (Fsp3) is 0.500. The topological polar surface area (TPSA) is 48.4 Å². The van der Waals surface area contributed by atoms with Crippen LogP contribution in [0.5, 0.6) is 5.75 Å². The van der Waals surface area contributed by atoms with Crippen molar-refractivity contribution in [3.63, 3.8) is 0 Å². The molecule has 0 aromatic carbocycles. The molecule has 0 saturated heterocycles. The van der Waals surface area contributed by atoms with Crippen LogP contribution in [0.4, 0.5) is 0 Å². The summed E-state index contributed by atoms with van der Waals surface area (Å²) in [5.41, 5.74) is 0.520. The summed E-state index contributed by atoms with van der Waals surface area (Å²) in [4.78, 5) is 15.6. The molecule has 0 saturated carbocycles. The molecule has 0 unspecified atom stereocenters. The van der Waals surface area contributed by atoms with E-state index in [2.05, 4.69) is 4.98 Å². The average Bonchev–Trinajstić information content (AvgIpc) is 2.25. The molecule has 16 heavy (non-hydrogen) atoms. The van der Waals surface area contributed by atoms with Crippen molar-refractivity contribution >= 4 is 5.78 Å². The number of ketones is 1. The summed E-state index contributed by atoms with van der Waals surface area (Å²) in [5, 5.41) is 0. The molecule has 4 heteroatoms. The third-order valence-corrected chi connectivity index (χ3v) is 1.84. The third-order valence-electron chi connectivity index (χ3n) is 1.84. The summed E-state index contributed by atoms with van der Waals surface area (Å²) >= 11 is 0. The molecule has 0 atom stereocenters. The minimum Gasteiger partial charge on any atom is -0.489 e. The normalized spacial score (nSPS) is 10.5. The fourth-order valence-electron chi connectivity index (χ4n) is 1.19. The molecule has 0 aliphatic rings. The highest BCUT2D eigenvalue weighted by Crippen LogP contribution is 2.13. The van der Waals surface area contributed by atoms with Crippen molar-refractivity contribution in [2.75, 3.05) is 13.2 Å². The molecule has 4 nitrogen and oxygen atoms in total. The lowest BCUT2D eigenvalue weighted by Crippen LogP contribution is -2.11. The van der Waals surface area contributed by atoms with Crippen molar-refractivity contribution in [2.24, 2.45) is 0 Å². The first-order valence-corrected chi connectivity index (χ1v) is 5.36. The van der Waals surface area contributed by atoms with Gasteiger partial charge in [-0.15, -0.1) is 0 Å². The lowest BCUT2D eigenvalue weighted by atomic mass is 10.2. The van der Waals surface area contributed by atoms with E-state index in [0.29, 0.717) is 17.9 Å². The van der Waals surface area contributed by atoms with Crippen LogP contribution >= 0.6 is 0 Å². The predicted molar refractivity (Wildman–Crippen MR) is 60.8 cm³/mol. The Morgan fingerprint density at radius 2 is 2.19 bits per heavy atom. The minimum atomic E-state index is -0.0800. The number of hydrogen-bond donors (Lipinski definition) is 0. The van der Waals surface area contributed by atoms with E-state index in [9.17, 15) is 4.79 Å². The zero-order valence-corrected chi connectivity index (χ0v) is 9.90. The maximum atomic E-state index is 11.6. The highest BCUT2D eigenvalue weighted by molar-refractivity contribution is 5.97. The summed E-state index contributed by atoms with van der Waals surface area (Å²) in [6.07, 6.45) is 3.19. The molecule has 0 aliphatic carbocycles. The van der Waals surface area contributed by atoms with Gasteiger partial charge in [-0.05, 0) is 26.8 Å². The van der Waals surface area contributed by atoms with E-state index in [1.165, 1.54) is 6.20 Å². The number of rotatable bonds is 6. The predicted octanol–water partition coefficient (Wildman–Crippen LogP) is 2.09. The first-order valence-electron chi connectivity index (χ1n) is 5.36. The van der Waals surface area contributed by atoms with Gasteiger partial charge in [0.2, 0.25) is 0 Å². The number of aromatic nitrogens is 1. The number of pyridine rings is 1. The second kappa shape index (κ2) is 6.23. The zero-order chi connectivity index (χ0) is 12.0. The van der Waals surface area contributed by atoms with E-state index >= 15 is 0 Å². The zero-order valence-electron chi connectivity index (χ0n) is 9.90. The SMILES string of the molecule is CCOCC(=O)c1cncc(OC(C)C)c1. The van der Waals surface area contributed by atoms with Gasteiger partial charge in [0.05, 0.1) is 12.3 Å². The Balaban J connectivity index is 2.69. The Morgan fingerprint density at radius 1 is 1.44 bits per heavy atom. The monoisotopic (exact) mass is 223 g/mol. The Kier molecular flexibility index (Phi) is 4.92. The van der Waals surface area contributed by atoms with Crippen LogP contribution in [0.1, 0.15) is 31.1 Å². The fourth-order valence-corrected chi connectivity index (χ4v) is 1.19. The first-order chi connectivity index (χ1) is 7.63. The van der Waals surface area contributed by atoms with Crippen LogP contribution in [0.3, 0.4) is 0 Å². The number of Topliss-reactive ketones (excluding diaryl/α,β-unsaturated/α-hetero) is 1. The van der Waals surface area contributed by atoms with Crippen LogP contribution in [0.2, 0.25) is 0 Å². The second-order valence-corrected chi connectivity index (χ2v) is 3.64. The molecule has 0 N–H and O–H groups in total. The molecule has 0 aliphatic heterocycles. The van der Waals surface area contributed by atoms with Gasteiger partial charge >= 0.3 is 0 Å². The average molecular weight is 223 g/mol. The summed E-state index contributed by atoms with van der Waals surface area (Å²) in [6.45, 7) is 6.32. The van der Waals surface area contributed by atoms with Crippen molar-refractivity contribution in [1.29, 1.82) is 0 Å². The first kappa shape index (κ1) is 12.6. The highest BCUT2D eigenvalue weighted by atomic mass is 16.5. The Labute approximate surface area is 95.6 Å². The second-order valence-electron chi connectivity index (χ2n) is 3.64. The van der Waals surface area contributed by atoms with Gasteiger partial charge in [0, 0.05) is 18.4 Å². The molecule has 1 aromatic rings. The third kappa shape index (κ3) is 3.98. The molecular weight excluding hydrogens is 206 g/mol. The molecule has 1 rings (SSSR count). The van der Waals surface area contributed by atoms with Gasteiger partial charge in [0.1, 0.15) is 12.4 Å². The van der Waals surface area contributed by atoms with Gasteiger partial charge in [-0.25, -0.2) is 0 Å². The standard InChI is InChI=1S/C12H17NO3/c1-4-15-8-12(14)10-5-11(7-13-6-10)16-9(2)3/h5-7,9H,4,8H2,1-3H3. The van der Waals surface area contributed by atoms with Crippen LogP contribution in [0, 0.1) is 0 Å². The van der Waals surface area contributed by atoms with Crippen LogP contribution in [-0.4, -0.2) is 30.1 Å². The smallest absolute Gasteiger partial charge is 0.190 e. The highest BCUT2D eigenvalue weighted by Gasteiger charge is 2.08. The van der Waals surface area contributed by atoms with Crippen molar-refractivity contribution in [3.05, 3.63) is 24.0 Å². The number of carbonyl (C=O) groups is 1. The van der Waals surface area contributed by atoms with Gasteiger partial charge < -0.3 is 9.47 Å². The van der Waals surface area contributed by atoms with Crippen molar-refractivity contribution in [3.8, 4) is 5.75 Å². The van der Waals surface area contributed by atoms with E-state index in [1.54, 1.807) is 12.3 Å². The Bertz CT molecular complexity index is 350. The minimum absolute atomic E-state index is 0.0686. The quantitative estimate of drug-likeness (QED) is 0.693. The molecule has 0 radical (unpaired) electrons. The number of hydrogen-bond acceptors (Lipinski definition) is 4. The van der Waals surface area contributed by atoms with Crippen molar-refractivity contribution in [1.82, 2.24) is 4.98 Å². The van der Waals surface area contributed by atoms with E-state index < -0.39 is 0 Å². The van der Waals surface area contributed by atoms with E-state index in [4.69, 9.17) is 9.47 Å². The van der Waals surface area contributed by atoms with Crippen molar-refractivity contribution in [2.45, 2.75) is 26.9 Å². The van der Waals surface area contributed by atoms with Gasteiger partial charge in [-0.2, -0.15) is 0 Å². The molecule has 0 bridgehead atoms. The molecular formula is C12H17NO3. The van der Waals surface area contributed by atoms with E-state index in [1.807, 2.05) is 20.8 Å².